The lowest BCUT2D eigenvalue weighted by Crippen LogP contribution is -2.12. The number of hydrogen-bond acceptors (Lipinski definition) is 3. The maximum atomic E-state index is 11.7. The molecule has 0 fully saturated rings. The lowest BCUT2D eigenvalue weighted by Gasteiger charge is -2.04. The molecule has 0 spiro atoms. The summed E-state index contributed by atoms with van der Waals surface area (Å²) in [6, 6.07) is 10.1. The zero-order valence-corrected chi connectivity index (χ0v) is 8.66. The Labute approximate surface area is 83.9 Å². The minimum atomic E-state index is -3.29. The molecule has 0 radical (unpaired) electrons. The predicted molar refractivity (Wildman–Crippen MR) is 53.3 cm³/mol. The zero-order valence-electron chi connectivity index (χ0n) is 7.84. The van der Waals surface area contributed by atoms with Gasteiger partial charge in [-0.1, -0.05) is 18.2 Å². The van der Waals surface area contributed by atoms with E-state index in [1.807, 2.05) is 6.07 Å². The van der Waals surface area contributed by atoms with Crippen LogP contribution >= 0.6 is 0 Å². The van der Waals surface area contributed by atoms with Gasteiger partial charge in [-0.25, -0.2) is 8.42 Å². The molecule has 0 aliphatic rings. The molecule has 0 aromatic heterocycles. The van der Waals surface area contributed by atoms with Crippen molar-refractivity contribution in [3.8, 4) is 6.07 Å². The summed E-state index contributed by atoms with van der Waals surface area (Å²) in [6.45, 7) is 1.60. The van der Waals surface area contributed by atoms with E-state index in [4.69, 9.17) is 5.26 Å². The van der Waals surface area contributed by atoms with E-state index in [0.717, 1.165) is 0 Å². The molecule has 0 saturated carbocycles. The summed E-state index contributed by atoms with van der Waals surface area (Å²) in [5.74, 6) is -0.590. The standard InChI is InChI=1S/C10H11NO2S/c1-9(7-11)8-14(12,13)10-5-3-2-4-6-10/h2-6,9H,8H2,1H3/t9-/m0/s1. The average molecular weight is 209 g/mol. The van der Waals surface area contributed by atoms with Gasteiger partial charge >= 0.3 is 0 Å². The van der Waals surface area contributed by atoms with E-state index < -0.39 is 15.8 Å². The Kier molecular flexibility index (Phi) is 3.26. The normalized spacial score (nSPS) is 13.1. The van der Waals surface area contributed by atoms with Crippen molar-refractivity contribution < 1.29 is 8.42 Å². The van der Waals surface area contributed by atoms with Crippen LogP contribution < -0.4 is 0 Å². The first-order chi connectivity index (χ1) is 6.56. The van der Waals surface area contributed by atoms with E-state index in [2.05, 4.69) is 0 Å². The van der Waals surface area contributed by atoms with Crippen LogP contribution in [0, 0.1) is 17.2 Å². The van der Waals surface area contributed by atoms with E-state index in [-0.39, 0.29) is 10.6 Å². The van der Waals surface area contributed by atoms with Crippen LogP contribution in [-0.4, -0.2) is 14.2 Å². The fourth-order valence-electron chi connectivity index (χ4n) is 1.09. The van der Waals surface area contributed by atoms with Gasteiger partial charge in [0.1, 0.15) is 0 Å². The van der Waals surface area contributed by atoms with Gasteiger partial charge in [-0.2, -0.15) is 5.26 Å². The van der Waals surface area contributed by atoms with Crippen LogP contribution in [0.4, 0.5) is 0 Å². The van der Waals surface area contributed by atoms with Crippen LogP contribution in [0.2, 0.25) is 0 Å². The Bertz CT molecular complexity index is 431. The first-order valence-electron chi connectivity index (χ1n) is 4.23. The molecule has 1 aromatic carbocycles. The molecule has 3 nitrogen and oxygen atoms in total. The van der Waals surface area contributed by atoms with Crippen molar-refractivity contribution in [3.05, 3.63) is 30.3 Å². The van der Waals surface area contributed by atoms with Crippen molar-refractivity contribution >= 4 is 9.84 Å². The van der Waals surface area contributed by atoms with E-state index in [9.17, 15) is 8.42 Å². The van der Waals surface area contributed by atoms with Gasteiger partial charge in [0.15, 0.2) is 9.84 Å². The highest BCUT2D eigenvalue weighted by Crippen LogP contribution is 2.12. The van der Waals surface area contributed by atoms with Crippen molar-refractivity contribution in [1.82, 2.24) is 0 Å². The molecule has 0 unspecified atom stereocenters. The van der Waals surface area contributed by atoms with Gasteiger partial charge in [0.2, 0.25) is 0 Å². The summed E-state index contributed by atoms with van der Waals surface area (Å²) in [7, 11) is -3.29. The average Bonchev–Trinajstić information content (AvgIpc) is 2.18. The summed E-state index contributed by atoms with van der Waals surface area (Å²) in [5.41, 5.74) is 0. The van der Waals surface area contributed by atoms with Gasteiger partial charge in [-0.15, -0.1) is 0 Å². The number of nitriles is 1. The van der Waals surface area contributed by atoms with Crippen molar-refractivity contribution in [2.45, 2.75) is 11.8 Å². The lowest BCUT2D eigenvalue weighted by molar-refractivity contribution is 0.589. The minimum Gasteiger partial charge on any atom is -0.224 e. The SMILES string of the molecule is C[C@@H](C#N)CS(=O)(=O)c1ccccc1. The fourth-order valence-corrected chi connectivity index (χ4v) is 2.59. The van der Waals surface area contributed by atoms with Crippen LogP contribution in [0.15, 0.2) is 35.2 Å². The second-order valence-electron chi connectivity index (χ2n) is 3.12. The summed E-state index contributed by atoms with van der Waals surface area (Å²) in [4.78, 5) is 0.280. The molecular weight excluding hydrogens is 198 g/mol. The van der Waals surface area contributed by atoms with E-state index in [1.165, 1.54) is 0 Å². The molecule has 0 heterocycles. The van der Waals surface area contributed by atoms with Crippen LogP contribution in [-0.2, 0) is 9.84 Å². The van der Waals surface area contributed by atoms with Crippen LogP contribution in [0.5, 0.6) is 0 Å². The number of rotatable bonds is 3. The van der Waals surface area contributed by atoms with Gasteiger partial charge in [0.25, 0.3) is 0 Å². The first kappa shape index (κ1) is 10.7. The molecule has 0 bridgehead atoms. The highest BCUT2D eigenvalue weighted by Gasteiger charge is 2.17. The van der Waals surface area contributed by atoms with Gasteiger partial charge in [0.05, 0.1) is 22.6 Å². The molecule has 0 aliphatic heterocycles. The third-order valence-electron chi connectivity index (χ3n) is 1.79. The maximum Gasteiger partial charge on any atom is 0.179 e. The van der Waals surface area contributed by atoms with Crippen molar-refractivity contribution in [1.29, 1.82) is 5.26 Å². The third kappa shape index (κ3) is 2.57. The van der Waals surface area contributed by atoms with E-state index in [0.29, 0.717) is 0 Å². The molecule has 1 aromatic rings. The van der Waals surface area contributed by atoms with Crippen molar-refractivity contribution in [3.63, 3.8) is 0 Å². The summed E-state index contributed by atoms with van der Waals surface area (Å²) in [5, 5.41) is 8.53. The molecular formula is C10H11NO2S. The molecule has 14 heavy (non-hydrogen) atoms. The molecule has 74 valence electrons. The molecule has 1 rings (SSSR count). The van der Waals surface area contributed by atoms with Gasteiger partial charge in [-0.05, 0) is 19.1 Å². The second-order valence-corrected chi connectivity index (χ2v) is 5.16. The number of nitrogens with zero attached hydrogens (tertiary/aromatic N) is 1. The third-order valence-corrected chi connectivity index (χ3v) is 3.72. The van der Waals surface area contributed by atoms with Gasteiger partial charge in [-0.3, -0.25) is 0 Å². The fraction of sp³-hybridized carbons (Fsp3) is 0.300. The Morgan fingerprint density at radius 2 is 1.93 bits per heavy atom. The van der Waals surface area contributed by atoms with Gasteiger partial charge in [0, 0.05) is 0 Å². The topological polar surface area (TPSA) is 57.9 Å². The number of benzene rings is 1. The summed E-state index contributed by atoms with van der Waals surface area (Å²) in [6.07, 6.45) is 0. The smallest absolute Gasteiger partial charge is 0.179 e. The van der Waals surface area contributed by atoms with Crippen LogP contribution in [0.3, 0.4) is 0 Å². The van der Waals surface area contributed by atoms with Gasteiger partial charge < -0.3 is 0 Å². The lowest BCUT2D eigenvalue weighted by atomic mass is 10.3. The quantitative estimate of drug-likeness (QED) is 0.760. The Balaban J connectivity index is 2.94. The van der Waals surface area contributed by atoms with Crippen molar-refractivity contribution in [2.75, 3.05) is 5.75 Å². The largest absolute Gasteiger partial charge is 0.224 e. The first-order valence-corrected chi connectivity index (χ1v) is 5.89. The van der Waals surface area contributed by atoms with E-state index in [1.54, 1.807) is 37.3 Å². The maximum absolute atomic E-state index is 11.7. The second kappa shape index (κ2) is 4.25. The monoisotopic (exact) mass is 209 g/mol. The highest BCUT2D eigenvalue weighted by molar-refractivity contribution is 7.91. The Hall–Kier alpha value is -1.34. The number of hydrogen-bond donors (Lipinski definition) is 0. The molecule has 0 saturated heterocycles. The van der Waals surface area contributed by atoms with Crippen LogP contribution in [0.1, 0.15) is 6.92 Å². The molecule has 1 atom stereocenters. The Morgan fingerprint density at radius 3 is 2.43 bits per heavy atom. The molecule has 0 aliphatic carbocycles. The minimum absolute atomic E-state index is 0.118. The number of sulfone groups is 1. The summed E-state index contributed by atoms with van der Waals surface area (Å²) >= 11 is 0. The Morgan fingerprint density at radius 1 is 1.36 bits per heavy atom. The van der Waals surface area contributed by atoms with Crippen LogP contribution in [0.25, 0.3) is 0 Å². The molecule has 4 heteroatoms. The highest BCUT2D eigenvalue weighted by atomic mass is 32.2. The van der Waals surface area contributed by atoms with Crippen molar-refractivity contribution in [2.24, 2.45) is 5.92 Å². The predicted octanol–water partition coefficient (Wildman–Crippen LogP) is 1.62. The summed E-state index contributed by atoms with van der Waals surface area (Å²) < 4.78 is 23.3. The van der Waals surface area contributed by atoms with E-state index >= 15 is 0 Å². The molecule has 0 N–H and O–H groups in total. The molecule has 0 amide bonds. The zero-order chi connectivity index (χ0) is 10.6.